The number of hydrogen-bond acceptors (Lipinski definition) is 3. The van der Waals surface area contributed by atoms with Crippen molar-refractivity contribution in [2.45, 2.75) is 38.1 Å². The molecular formula is C12H15N3O2. The van der Waals surface area contributed by atoms with Gasteiger partial charge in [-0.1, -0.05) is 0 Å². The third kappa shape index (κ3) is 1.66. The van der Waals surface area contributed by atoms with Gasteiger partial charge in [-0.25, -0.2) is 4.68 Å². The highest BCUT2D eigenvalue weighted by Gasteiger charge is 2.33. The van der Waals surface area contributed by atoms with Crippen LogP contribution in [0.15, 0.2) is 6.20 Å². The molecule has 1 amide bonds. The van der Waals surface area contributed by atoms with Gasteiger partial charge >= 0.3 is 0 Å². The van der Waals surface area contributed by atoms with E-state index < -0.39 is 0 Å². The molecule has 17 heavy (non-hydrogen) atoms. The molecule has 0 bridgehead atoms. The van der Waals surface area contributed by atoms with Crippen molar-refractivity contribution in [1.29, 1.82) is 0 Å². The smallest absolute Gasteiger partial charge is 0.234 e. The molecule has 90 valence electrons. The van der Waals surface area contributed by atoms with E-state index >= 15 is 0 Å². The third-order valence-corrected chi connectivity index (χ3v) is 3.69. The van der Waals surface area contributed by atoms with Crippen LogP contribution in [0.5, 0.6) is 0 Å². The average molecular weight is 233 g/mol. The number of amides is 1. The highest BCUT2D eigenvalue weighted by molar-refractivity contribution is 5.78. The summed E-state index contributed by atoms with van der Waals surface area (Å²) in [6.45, 7) is 0.842. The molecule has 1 aromatic heterocycles. The van der Waals surface area contributed by atoms with Crippen molar-refractivity contribution in [3.05, 3.63) is 17.5 Å². The molecule has 1 fully saturated rings. The Morgan fingerprint density at radius 3 is 2.94 bits per heavy atom. The van der Waals surface area contributed by atoms with Crippen molar-refractivity contribution in [2.75, 3.05) is 6.54 Å². The van der Waals surface area contributed by atoms with Crippen LogP contribution < -0.4 is 0 Å². The minimum Gasteiger partial charge on any atom is -0.336 e. The Bertz CT molecular complexity index is 466. The van der Waals surface area contributed by atoms with Crippen LogP contribution in [0.25, 0.3) is 0 Å². The van der Waals surface area contributed by atoms with Gasteiger partial charge in [-0.2, -0.15) is 5.10 Å². The molecule has 0 N–H and O–H groups in total. The van der Waals surface area contributed by atoms with Crippen LogP contribution in [0.3, 0.4) is 0 Å². The summed E-state index contributed by atoms with van der Waals surface area (Å²) in [6, 6.07) is 0.141. The predicted molar refractivity (Wildman–Crippen MR) is 61.0 cm³/mol. The molecule has 1 aliphatic heterocycles. The van der Waals surface area contributed by atoms with E-state index in [1.807, 2.05) is 4.90 Å². The normalized spacial score (nSPS) is 23.9. The fourth-order valence-corrected chi connectivity index (χ4v) is 2.91. The van der Waals surface area contributed by atoms with Gasteiger partial charge in [-0.3, -0.25) is 9.59 Å². The molecule has 5 nitrogen and oxygen atoms in total. The van der Waals surface area contributed by atoms with Crippen LogP contribution in [0.4, 0.5) is 0 Å². The fraction of sp³-hybridized carbons (Fsp3) is 0.583. The van der Waals surface area contributed by atoms with Crippen LogP contribution in [-0.4, -0.2) is 33.5 Å². The molecule has 3 rings (SSSR count). The summed E-state index contributed by atoms with van der Waals surface area (Å²) < 4.78 is 1.32. The van der Waals surface area contributed by atoms with Gasteiger partial charge in [0.2, 0.25) is 12.3 Å². The van der Waals surface area contributed by atoms with E-state index in [1.165, 1.54) is 4.68 Å². The number of hydrogen-bond donors (Lipinski definition) is 0. The second kappa shape index (κ2) is 3.98. The number of carbonyl (C=O) groups excluding carboxylic acids is 2. The molecule has 1 aromatic rings. The van der Waals surface area contributed by atoms with Crippen molar-refractivity contribution in [3.8, 4) is 0 Å². The first-order chi connectivity index (χ1) is 8.29. The molecule has 1 unspecified atom stereocenters. The monoisotopic (exact) mass is 233 g/mol. The van der Waals surface area contributed by atoms with E-state index in [2.05, 4.69) is 5.10 Å². The standard InChI is InChI=1S/C12H15N3O2/c16-8-14-7-9-10(13-14)3-1-4-11(9)15-6-2-5-12(15)17/h7-8,11H,1-6H2. The number of rotatable bonds is 2. The topological polar surface area (TPSA) is 55.2 Å². The number of aryl methyl sites for hydroxylation is 1. The maximum Gasteiger partial charge on any atom is 0.234 e. The molecule has 1 saturated heterocycles. The number of fused-ring (bicyclic) bond motifs is 1. The second-order valence-electron chi connectivity index (χ2n) is 4.72. The molecular weight excluding hydrogens is 218 g/mol. The van der Waals surface area contributed by atoms with E-state index in [-0.39, 0.29) is 11.9 Å². The van der Waals surface area contributed by atoms with Crippen LogP contribution in [0, 0.1) is 0 Å². The maximum atomic E-state index is 11.8. The van der Waals surface area contributed by atoms with Gasteiger partial charge in [0.1, 0.15) is 0 Å². The first-order valence-corrected chi connectivity index (χ1v) is 6.12. The number of aromatic nitrogens is 2. The van der Waals surface area contributed by atoms with Crippen molar-refractivity contribution in [1.82, 2.24) is 14.7 Å². The highest BCUT2D eigenvalue weighted by Crippen LogP contribution is 2.35. The first-order valence-electron chi connectivity index (χ1n) is 6.12. The summed E-state index contributed by atoms with van der Waals surface area (Å²) in [7, 11) is 0. The molecule has 0 aromatic carbocycles. The van der Waals surface area contributed by atoms with E-state index in [4.69, 9.17) is 0 Å². The van der Waals surface area contributed by atoms with Crippen LogP contribution in [0.2, 0.25) is 0 Å². The summed E-state index contributed by atoms with van der Waals surface area (Å²) in [5, 5.41) is 4.23. The van der Waals surface area contributed by atoms with Gasteiger partial charge in [0.05, 0.1) is 11.7 Å². The lowest BCUT2D eigenvalue weighted by Crippen LogP contribution is -2.31. The number of likely N-dealkylation sites (tertiary alicyclic amines) is 1. The quantitative estimate of drug-likeness (QED) is 0.714. The van der Waals surface area contributed by atoms with Crippen LogP contribution in [0.1, 0.15) is 43.0 Å². The first kappa shape index (κ1) is 10.5. The molecule has 0 radical (unpaired) electrons. The molecule has 1 atom stereocenters. The predicted octanol–water partition coefficient (Wildman–Crippen LogP) is 0.921. The van der Waals surface area contributed by atoms with Crippen molar-refractivity contribution < 1.29 is 9.59 Å². The largest absolute Gasteiger partial charge is 0.336 e. The van der Waals surface area contributed by atoms with Gasteiger partial charge in [0, 0.05) is 24.7 Å². The summed E-state index contributed by atoms with van der Waals surface area (Å²) in [6.07, 6.45) is 7.04. The van der Waals surface area contributed by atoms with Crippen molar-refractivity contribution >= 4 is 12.3 Å². The zero-order valence-corrected chi connectivity index (χ0v) is 9.63. The van der Waals surface area contributed by atoms with Gasteiger partial charge in [-0.05, 0) is 25.7 Å². The van der Waals surface area contributed by atoms with Gasteiger partial charge < -0.3 is 4.90 Å². The number of carbonyl (C=O) groups is 2. The lowest BCUT2D eigenvalue weighted by atomic mass is 9.92. The Morgan fingerprint density at radius 2 is 2.24 bits per heavy atom. The van der Waals surface area contributed by atoms with Crippen molar-refractivity contribution in [3.63, 3.8) is 0 Å². The van der Waals surface area contributed by atoms with Gasteiger partial charge in [0.15, 0.2) is 0 Å². The molecule has 2 aliphatic rings. The summed E-state index contributed by atoms with van der Waals surface area (Å²) in [4.78, 5) is 24.5. The fourth-order valence-electron chi connectivity index (χ4n) is 2.91. The molecule has 5 heteroatoms. The van der Waals surface area contributed by atoms with Crippen LogP contribution >= 0.6 is 0 Å². The molecule has 0 saturated carbocycles. The zero-order valence-electron chi connectivity index (χ0n) is 9.63. The lowest BCUT2D eigenvalue weighted by Gasteiger charge is -2.30. The van der Waals surface area contributed by atoms with Gasteiger partial charge in [-0.15, -0.1) is 0 Å². The highest BCUT2D eigenvalue weighted by atomic mass is 16.2. The summed E-state index contributed by atoms with van der Waals surface area (Å²) in [5.74, 6) is 0.238. The average Bonchev–Trinajstić information content (AvgIpc) is 2.93. The maximum absolute atomic E-state index is 11.8. The third-order valence-electron chi connectivity index (χ3n) is 3.69. The lowest BCUT2D eigenvalue weighted by molar-refractivity contribution is -0.130. The minimum absolute atomic E-state index is 0.141. The van der Waals surface area contributed by atoms with Crippen molar-refractivity contribution in [2.24, 2.45) is 0 Å². The zero-order chi connectivity index (χ0) is 11.8. The molecule has 2 heterocycles. The van der Waals surface area contributed by atoms with Crippen LogP contribution in [-0.2, 0) is 16.0 Å². The molecule has 1 aliphatic carbocycles. The Kier molecular flexibility index (Phi) is 2.46. The summed E-state index contributed by atoms with van der Waals surface area (Å²) >= 11 is 0. The SMILES string of the molecule is O=Cn1cc2c(n1)CCCC2N1CCCC1=O. The Morgan fingerprint density at radius 1 is 1.35 bits per heavy atom. The number of nitrogens with zero attached hydrogens (tertiary/aromatic N) is 3. The Hall–Kier alpha value is -1.65. The van der Waals surface area contributed by atoms with E-state index in [1.54, 1.807) is 6.20 Å². The van der Waals surface area contributed by atoms with E-state index in [9.17, 15) is 9.59 Å². The second-order valence-corrected chi connectivity index (χ2v) is 4.72. The van der Waals surface area contributed by atoms with Gasteiger partial charge in [0.25, 0.3) is 0 Å². The minimum atomic E-state index is 0.141. The van der Waals surface area contributed by atoms with E-state index in [0.29, 0.717) is 12.8 Å². The molecule has 0 spiro atoms. The summed E-state index contributed by atoms with van der Waals surface area (Å²) in [5.41, 5.74) is 2.05. The Labute approximate surface area is 99.4 Å². The Balaban J connectivity index is 1.95. The van der Waals surface area contributed by atoms with E-state index in [0.717, 1.165) is 43.5 Å².